The molecule has 0 aromatic carbocycles. The molecule has 0 spiro atoms. The van der Waals surface area contributed by atoms with Gasteiger partial charge in [-0.1, -0.05) is 6.07 Å². The van der Waals surface area contributed by atoms with Crippen LogP contribution in [0, 0.1) is 13.8 Å². The molecule has 1 rings (SSSR count). The first-order valence-electron chi connectivity index (χ1n) is 4.46. The van der Waals surface area contributed by atoms with Crippen LogP contribution in [-0.2, 0) is 0 Å². The maximum Gasteiger partial charge on any atom is 0.124 e. The third-order valence-electron chi connectivity index (χ3n) is 2.09. The molecular weight excluding hydrogens is 182 g/mol. The molecule has 0 aliphatic rings. The quantitative estimate of drug-likeness (QED) is 0.642. The van der Waals surface area contributed by atoms with E-state index in [9.17, 15) is 10.2 Å². The number of aliphatic hydroxyl groups excluding tert-OH is 3. The summed E-state index contributed by atoms with van der Waals surface area (Å²) in [6.45, 7) is 3.23. The molecular formula is C10H15NO3. The summed E-state index contributed by atoms with van der Waals surface area (Å²) in [5.74, 6) is 0. The fourth-order valence-corrected chi connectivity index (χ4v) is 1.32. The fourth-order valence-electron chi connectivity index (χ4n) is 1.32. The van der Waals surface area contributed by atoms with E-state index in [4.69, 9.17) is 5.11 Å². The Hall–Kier alpha value is -0.970. The summed E-state index contributed by atoms with van der Waals surface area (Å²) >= 11 is 0. The number of aryl methyl sites for hydroxylation is 2. The average Bonchev–Trinajstić information content (AvgIpc) is 2.15. The van der Waals surface area contributed by atoms with Crippen molar-refractivity contribution in [2.24, 2.45) is 0 Å². The standard InChI is InChI=1S/C10H15NO3/c1-6-3-7(2)9(11-4-6)10(14)8(13)5-12/h3-4,8,10,12-14H,5H2,1-2H3. The molecule has 0 aliphatic carbocycles. The molecule has 4 nitrogen and oxygen atoms in total. The van der Waals surface area contributed by atoms with Crippen LogP contribution in [0.3, 0.4) is 0 Å². The topological polar surface area (TPSA) is 73.6 Å². The number of pyridine rings is 1. The summed E-state index contributed by atoms with van der Waals surface area (Å²) in [4.78, 5) is 4.03. The highest BCUT2D eigenvalue weighted by Gasteiger charge is 2.20. The number of hydrogen-bond acceptors (Lipinski definition) is 4. The van der Waals surface area contributed by atoms with Gasteiger partial charge in [-0.05, 0) is 25.0 Å². The first-order valence-corrected chi connectivity index (χ1v) is 4.46. The van der Waals surface area contributed by atoms with Gasteiger partial charge in [0.05, 0.1) is 12.3 Å². The van der Waals surface area contributed by atoms with Gasteiger partial charge in [-0.3, -0.25) is 4.98 Å². The summed E-state index contributed by atoms with van der Waals surface area (Å²) in [5, 5.41) is 27.5. The molecule has 4 heteroatoms. The smallest absolute Gasteiger partial charge is 0.124 e. The van der Waals surface area contributed by atoms with E-state index in [1.54, 1.807) is 6.20 Å². The monoisotopic (exact) mass is 197 g/mol. The van der Waals surface area contributed by atoms with E-state index in [0.717, 1.165) is 11.1 Å². The Balaban J connectivity index is 2.95. The third kappa shape index (κ3) is 2.29. The van der Waals surface area contributed by atoms with Gasteiger partial charge in [0.2, 0.25) is 0 Å². The Morgan fingerprint density at radius 1 is 1.36 bits per heavy atom. The predicted molar refractivity (Wildman–Crippen MR) is 51.8 cm³/mol. The molecule has 1 aromatic heterocycles. The molecule has 0 amide bonds. The molecule has 0 aliphatic heterocycles. The third-order valence-corrected chi connectivity index (χ3v) is 2.09. The van der Waals surface area contributed by atoms with E-state index >= 15 is 0 Å². The van der Waals surface area contributed by atoms with E-state index in [2.05, 4.69) is 4.98 Å². The van der Waals surface area contributed by atoms with Crippen LogP contribution in [0.15, 0.2) is 12.3 Å². The van der Waals surface area contributed by atoms with Gasteiger partial charge in [0.1, 0.15) is 12.2 Å². The summed E-state index contributed by atoms with van der Waals surface area (Å²) in [6, 6.07) is 1.87. The van der Waals surface area contributed by atoms with Crippen LogP contribution in [0.1, 0.15) is 22.9 Å². The lowest BCUT2D eigenvalue weighted by Gasteiger charge is -2.16. The van der Waals surface area contributed by atoms with Crippen molar-refractivity contribution in [3.63, 3.8) is 0 Å². The largest absolute Gasteiger partial charge is 0.394 e. The first-order chi connectivity index (χ1) is 6.56. The van der Waals surface area contributed by atoms with Crippen LogP contribution in [0.4, 0.5) is 0 Å². The number of hydrogen-bond donors (Lipinski definition) is 3. The lowest BCUT2D eigenvalue weighted by Crippen LogP contribution is -2.23. The highest BCUT2D eigenvalue weighted by Crippen LogP contribution is 2.18. The predicted octanol–water partition coefficient (Wildman–Crippen LogP) is 0.0850. The molecule has 0 fully saturated rings. The Bertz CT molecular complexity index is 314. The van der Waals surface area contributed by atoms with E-state index < -0.39 is 18.8 Å². The summed E-state index contributed by atoms with van der Waals surface area (Å²) in [7, 11) is 0. The van der Waals surface area contributed by atoms with Gasteiger partial charge in [0.15, 0.2) is 0 Å². The van der Waals surface area contributed by atoms with Crippen LogP contribution in [0.5, 0.6) is 0 Å². The van der Waals surface area contributed by atoms with Gasteiger partial charge in [0.25, 0.3) is 0 Å². The number of aliphatic hydroxyl groups is 3. The molecule has 3 N–H and O–H groups in total. The highest BCUT2D eigenvalue weighted by molar-refractivity contribution is 5.25. The second-order valence-electron chi connectivity index (χ2n) is 3.41. The van der Waals surface area contributed by atoms with Gasteiger partial charge in [-0.15, -0.1) is 0 Å². The summed E-state index contributed by atoms with van der Waals surface area (Å²) in [6.07, 6.45) is -0.681. The zero-order valence-electron chi connectivity index (χ0n) is 8.31. The van der Waals surface area contributed by atoms with Gasteiger partial charge >= 0.3 is 0 Å². The van der Waals surface area contributed by atoms with Crippen molar-refractivity contribution in [3.8, 4) is 0 Å². The lowest BCUT2D eigenvalue weighted by atomic mass is 10.0. The normalized spacial score (nSPS) is 15.2. The summed E-state index contributed by atoms with van der Waals surface area (Å²) in [5.41, 5.74) is 2.22. The molecule has 0 saturated carbocycles. The Morgan fingerprint density at radius 2 is 2.00 bits per heavy atom. The van der Waals surface area contributed by atoms with Crippen LogP contribution in [-0.4, -0.2) is 33.0 Å². The molecule has 78 valence electrons. The number of nitrogens with zero attached hydrogens (tertiary/aromatic N) is 1. The first kappa shape index (κ1) is 11.1. The van der Waals surface area contributed by atoms with Crippen molar-refractivity contribution < 1.29 is 15.3 Å². The molecule has 0 bridgehead atoms. The average molecular weight is 197 g/mol. The maximum atomic E-state index is 9.59. The van der Waals surface area contributed by atoms with Crippen LogP contribution in [0.2, 0.25) is 0 Å². The van der Waals surface area contributed by atoms with Crippen LogP contribution < -0.4 is 0 Å². The minimum absolute atomic E-state index is 0.414. The van der Waals surface area contributed by atoms with E-state index in [-0.39, 0.29) is 0 Å². The van der Waals surface area contributed by atoms with Crippen LogP contribution >= 0.6 is 0 Å². The number of aromatic nitrogens is 1. The molecule has 0 radical (unpaired) electrons. The Kier molecular flexibility index (Phi) is 3.57. The van der Waals surface area contributed by atoms with Crippen molar-refractivity contribution in [2.45, 2.75) is 26.1 Å². The molecule has 0 saturated heterocycles. The van der Waals surface area contributed by atoms with Gasteiger partial charge in [-0.2, -0.15) is 0 Å². The Morgan fingerprint density at radius 3 is 2.50 bits per heavy atom. The minimum atomic E-state index is -1.18. The van der Waals surface area contributed by atoms with Crippen molar-refractivity contribution >= 4 is 0 Å². The van der Waals surface area contributed by atoms with Crippen LogP contribution in [0.25, 0.3) is 0 Å². The zero-order valence-corrected chi connectivity index (χ0v) is 8.31. The van der Waals surface area contributed by atoms with Crippen molar-refractivity contribution in [1.82, 2.24) is 4.98 Å². The molecule has 1 aromatic rings. The molecule has 2 unspecified atom stereocenters. The summed E-state index contributed by atoms with van der Waals surface area (Å²) < 4.78 is 0. The zero-order chi connectivity index (χ0) is 10.7. The highest BCUT2D eigenvalue weighted by atomic mass is 16.4. The second-order valence-corrected chi connectivity index (χ2v) is 3.41. The van der Waals surface area contributed by atoms with Crippen molar-refractivity contribution in [2.75, 3.05) is 6.61 Å². The van der Waals surface area contributed by atoms with Crippen molar-refractivity contribution in [1.29, 1.82) is 0 Å². The Labute approximate surface area is 82.9 Å². The maximum absolute atomic E-state index is 9.59. The van der Waals surface area contributed by atoms with E-state index in [0.29, 0.717) is 5.69 Å². The molecule has 1 heterocycles. The van der Waals surface area contributed by atoms with Gasteiger partial charge < -0.3 is 15.3 Å². The van der Waals surface area contributed by atoms with Gasteiger partial charge in [-0.25, -0.2) is 0 Å². The molecule has 2 atom stereocenters. The SMILES string of the molecule is Cc1cnc(C(O)C(O)CO)c(C)c1. The van der Waals surface area contributed by atoms with Gasteiger partial charge in [0, 0.05) is 6.20 Å². The van der Waals surface area contributed by atoms with Crippen molar-refractivity contribution in [3.05, 3.63) is 29.1 Å². The molecule has 14 heavy (non-hydrogen) atoms. The fraction of sp³-hybridized carbons (Fsp3) is 0.500. The van der Waals surface area contributed by atoms with E-state index in [1.165, 1.54) is 0 Å². The lowest BCUT2D eigenvalue weighted by molar-refractivity contribution is -0.0176. The minimum Gasteiger partial charge on any atom is -0.394 e. The van der Waals surface area contributed by atoms with E-state index in [1.807, 2.05) is 19.9 Å². The number of rotatable bonds is 3. The second kappa shape index (κ2) is 4.50.